The van der Waals surface area contributed by atoms with Crippen molar-refractivity contribution in [2.24, 2.45) is 58.0 Å². The molecule has 0 aliphatic heterocycles. The second kappa shape index (κ2) is 12.7. The molecular formula is C35H61NO. The van der Waals surface area contributed by atoms with Crippen molar-refractivity contribution in [3.8, 4) is 0 Å². The Morgan fingerprint density at radius 2 is 1.76 bits per heavy atom. The Balaban J connectivity index is 1.31. The topological polar surface area (TPSA) is 43.1 Å². The Bertz CT molecular complexity index is 784. The predicted molar refractivity (Wildman–Crippen MR) is 158 cm³/mol. The lowest BCUT2D eigenvalue weighted by molar-refractivity contribution is -0.119. The standard InChI is InChI=1S/C35H61NO/c1-25(2)10-9-11-26(3)31-16-17-32-30-15-14-28-24-27(12-7-6-8-13-29(37)20-23-36)18-21-34(28,4)33(30)19-22-35(31,32)5/h14,25-27,30-33H,6-13,15-24,36H2,1-5H3/t26-,27+,30?,31?,32?,33?,34?,35?/m1/s1. The highest BCUT2D eigenvalue weighted by Gasteiger charge is 2.59. The summed E-state index contributed by atoms with van der Waals surface area (Å²) in [6.07, 6.45) is 24.9. The summed E-state index contributed by atoms with van der Waals surface area (Å²) in [5, 5.41) is 0. The van der Waals surface area contributed by atoms with Crippen molar-refractivity contribution in [3.63, 3.8) is 0 Å². The smallest absolute Gasteiger partial charge is 0.134 e. The molecule has 212 valence electrons. The zero-order valence-corrected chi connectivity index (χ0v) is 25.3. The van der Waals surface area contributed by atoms with Crippen LogP contribution in [0.15, 0.2) is 11.6 Å². The molecule has 0 saturated heterocycles. The van der Waals surface area contributed by atoms with Gasteiger partial charge in [0.25, 0.3) is 0 Å². The molecule has 0 aromatic rings. The fourth-order valence-corrected chi connectivity index (χ4v) is 10.2. The van der Waals surface area contributed by atoms with Gasteiger partial charge in [0.2, 0.25) is 0 Å². The lowest BCUT2D eigenvalue weighted by Crippen LogP contribution is -2.50. The molecule has 4 aliphatic rings. The SMILES string of the molecule is CC(C)CCC[C@@H](C)C1CCC2C3CC=C4C[C@@H](CCCCCC(=O)CCN)CCC4(C)C3CCC21C. The molecular weight excluding hydrogens is 450 g/mol. The largest absolute Gasteiger partial charge is 0.330 e. The first-order valence-corrected chi connectivity index (χ1v) is 16.6. The van der Waals surface area contributed by atoms with Crippen LogP contribution in [0, 0.1) is 52.3 Å². The van der Waals surface area contributed by atoms with Crippen LogP contribution in [-0.2, 0) is 4.79 Å². The second-order valence-electron chi connectivity index (χ2n) is 15.1. The van der Waals surface area contributed by atoms with Crippen molar-refractivity contribution in [2.75, 3.05) is 6.54 Å². The molecule has 0 bridgehead atoms. The van der Waals surface area contributed by atoms with E-state index in [1.54, 1.807) is 0 Å². The molecule has 37 heavy (non-hydrogen) atoms. The van der Waals surface area contributed by atoms with Gasteiger partial charge < -0.3 is 5.73 Å². The van der Waals surface area contributed by atoms with Crippen LogP contribution in [0.25, 0.3) is 0 Å². The number of unbranched alkanes of at least 4 members (excludes halogenated alkanes) is 2. The summed E-state index contributed by atoms with van der Waals surface area (Å²) < 4.78 is 0. The van der Waals surface area contributed by atoms with Gasteiger partial charge in [0.1, 0.15) is 5.78 Å². The number of rotatable bonds is 13. The molecule has 0 aromatic carbocycles. The number of nitrogens with two attached hydrogens (primary N) is 1. The summed E-state index contributed by atoms with van der Waals surface area (Å²) in [7, 11) is 0. The molecule has 4 rings (SSSR count). The molecule has 0 heterocycles. The molecule has 0 spiro atoms. The molecule has 8 atom stereocenters. The average molecular weight is 512 g/mol. The predicted octanol–water partition coefficient (Wildman–Crippen LogP) is 9.51. The minimum Gasteiger partial charge on any atom is -0.330 e. The van der Waals surface area contributed by atoms with Crippen molar-refractivity contribution >= 4 is 5.78 Å². The monoisotopic (exact) mass is 511 g/mol. The Hall–Kier alpha value is -0.630. The molecule has 6 unspecified atom stereocenters. The minimum atomic E-state index is 0.357. The number of carbonyl (C=O) groups is 1. The van der Waals surface area contributed by atoms with E-state index in [9.17, 15) is 4.79 Å². The van der Waals surface area contributed by atoms with Crippen LogP contribution >= 0.6 is 0 Å². The van der Waals surface area contributed by atoms with Crippen molar-refractivity contribution in [1.29, 1.82) is 0 Å². The Morgan fingerprint density at radius 1 is 0.946 bits per heavy atom. The van der Waals surface area contributed by atoms with E-state index >= 15 is 0 Å². The third kappa shape index (κ3) is 6.41. The van der Waals surface area contributed by atoms with Crippen molar-refractivity contribution < 1.29 is 4.79 Å². The number of allylic oxidation sites excluding steroid dienone is 2. The van der Waals surface area contributed by atoms with Crippen LogP contribution in [0.4, 0.5) is 0 Å². The lowest BCUT2D eigenvalue weighted by Gasteiger charge is -2.58. The van der Waals surface area contributed by atoms with Crippen LogP contribution in [0.1, 0.15) is 144 Å². The lowest BCUT2D eigenvalue weighted by atomic mass is 9.46. The molecule has 0 amide bonds. The van der Waals surface area contributed by atoms with Gasteiger partial charge in [-0.3, -0.25) is 4.79 Å². The summed E-state index contributed by atoms with van der Waals surface area (Å²) >= 11 is 0. The number of hydrogen-bond acceptors (Lipinski definition) is 2. The molecule has 2 heteroatoms. The van der Waals surface area contributed by atoms with Gasteiger partial charge in [-0.2, -0.15) is 0 Å². The third-order valence-corrected chi connectivity index (χ3v) is 12.4. The van der Waals surface area contributed by atoms with Gasteiger partial charge in [-0.1, -0.05) is 84.8 Å². The molecule has 4 aliphatic carbocycles. The first kappa shape index (κ1) is 29.4. The van der Waals surface area contributed by atoms with Crippen LogP contribution < -0.4 is 5.73 Å². The highest BCUT2D eigenvalue weighted by molar-refractivity contribution is 5.78. The van der Waals surface area contributed by atoms with E-state index in [1.165, 1.54) is 89.9 Å². The van der Waals surface area contributed by atoms with E-state index in [0.29, 0.717) is 29.6 Å². The quantitative estimate of drug-likeness (QED) is 0.197. The summed E-state index contributed by atoms with van der Waals surface area (Å²) in [4.78, 5) is 11.7. The molecule has 3 fully saturated rings. The Morgan fingerprint density at radius 3 is 2.51 bits per heavy atom. The zero-order chi connectivity index (χ0) is 26.6. The second-order valence-corrected chi connectivity index (χ2v) is 15.1. The third-order valence-electron chi connectivity index (χ3n) is 12.4. The maximum absolute atomic E-state index is 11.7. The summed E-state index contributed by atoms with van der Waals surface area (Å²) in [5.74, 6) is 6.82. The van der Waals surface area contributed by atoms with Gasteiger partial charge >= 0.3 is 0 Å². The van der Waals surface area contributed by atoms with E-state index in [2.05, 4.69) is 40.7 Å². The van der Waals surface area contributed by atoms with E-state index in [-0.39, 0.29) is 0 Å². The van der Waals surface area contributed by atoms with Crippen LogP contribution in [0.3, 0.4) is 0 Å². The van der Waals surface area contributed by atoms with E-state index in [4.69, 9.17) is 5.73 Å². The van der Waals surface area contributed by atoms with Gasteiger partial charge in [0, 0.05) is 12.8 Å². The van der Waals surface area contributed by atoms with Gasteiger partial charge in [-0.05, 0) is 117 Å². The normalized spacial score (nSPS) is 38.0. The fourth-order valence-electron chi connectivity index (χ4n) is 10.2. The maximum atomic E-state index is 11.7. The summed E-state index contributed by atoms with van der Waals surface area (Å²) in [6.45, 7) is 13.3. The number of Topliss-reactive ketones (excluding diaryl/α,β-unsaturated/α-hetero) is 1. The molecule has 2 nitrogen and oxygen atoms in total. The van der Waals surface area contributed by atoms with Crippen molar-refractivity contribution in [2.45, 2.75) is 144 Å². The van der Waals surface area contributed by atoms with Crippen molar-refractivity contribution in [3.05, 3.63) is 11.6 Å². The maximum Gasteiger partial charge on any atom is 0.134 e. The first-order chi connectivity index (χ1) is 17.7. The van der Waals surface area contributed by atoms with Gasteiger partial charge in [0.15, 0.2) is 0 Å². The van der Waals surface area contributed by atoms with Gasteiger partial charge in [-0.25, -0.2) is 0 Å². The summed E-state index contributed by atoms with van der Waals surface area (Å²) in [6, 6.07) is 0. The van der Waals surface area contributed by atoms with E-state index in [1.807, 2.05) is 5.57 Å². The molecule has 3 saturated carbocycles. The van der Waals surface area contributed by atoms with E-state index < -0.39 is 0 Å². The van der Waals surface area contributed by atoms with Crippen LogP contribution in [0.2, 0.25) is 0 Å². The molecule has 0 radical (unpaired) electrons. The average Bonchev–Trinajstić information content (AvgIpc) is 3.21. The van der Waals surface area contributed by atoms with Gasteiger partial charge in [0.05, 0.1) is 0 Å². The Kier molecular flexibility index (Phi) is 10.1. The summed E-state index contributed by atoms with van der Waals surface area (Å²) in [5.41, 5.74) is 8.44. The number of hydrogen-bond donors (Lipinski definition) is 1. The number of fused-ring (bicyclic) bond motifs is 5. The Labute approximate surface area is 230 Å². The minimum absolute atomic E-state index is 0.357. The highest BCUT2D eigenvalue weighted by Crippen LogP contribution is 2.67. The first-order valence-electron chi connectivity index (χ1n) is 16.6. The van der Waals surface area contributed by atoms with Crippen LogP contribution in [-0.4, -0.2) is 12.3 Å². The number of carbonyl (C=O) groups excluding carboxylic acids is 1. The zero-order valence-electron chi connectivity index (χ0n) is 25.3. The molecule has 2 N–H and O–H groups in total. The van der Waals surface area contributed by atoms with E-state index in [0.717, 1.165) is 54.3 Å². The van der Waals surface area contributed by atoms with Crippen molar-refractivity contribution in [1.82, 2.24) is 0 Å². The molecule has 0 aromatic heterocycles. The number of ketones is 1. The highest BCUT2D eigenvalue weighted by atomic mass is 16.1. The van der Waals surface area contributed by atoms with Crippen LogP contribution in [0.5, 0.6) is 0 Å². The fraction of sp³-hybridized carbons (Fsp3) is 0.914. The van der Waals surface area contributed by atoms with Gasteiger partial charge in [-0.15, -0.1) is 0 Å².